The minimum absolute atomic E-state index is 0.420. The molecular weight excluding hydrogens is 298 g/mol. The fraction of sp³-hybridized carbons (Fsp3) is 0.267. The zero-order valence-corrected chi connectivity index (χ0v) is 12.4. The van der Waals surface area contributed by atoms with E-state index in [1.165, 1.54) is 0 Å². The number of aliphatic imine (C=N–C) groups is 1. The van der Waals surface area contributed by atoms with Gasteiger partial charge in [0, 0.05) is 23.4 Å². The SMILES string of the molecule is C=Nc1c(Cc2ccc3c(n2)OCCO3)c(C)nc2nonc12. The maximum absolute atomic E-state index is 5.52. The van der Waals surface area contributed by atoms with Crippen LogP contribution in [0, 0.1) is 6.92 Å². The predicted octanol–water partition coefficient (Wildman–Crippen LogP) is 2.02. The molecule has 4 rings (SSSR count). The van der Waals surface area contributed by atoms with E-state index < -0.39 is 0 Å². The van der Waals surface area contributed by atoms with Crippen molar-refractivity contribution in [3.8, 4) is 11.6 Å². The van der Waals surface area contributed by atoms with Crippen LogP contribution in [-0.4, -0.2) is 40.2 Å². The molecule has 0 radical (unpaired) electrons. The van der Waals surface area contributed by atoms with Gasteiger partial charge in [0.2, 0.25) is 5.65 Å². The zero-order chi connectivity index (χ0) is 15.8. The zero-order valence-electron chi connectivity index (χ0n) is 12.4. The number of hydrogen-bond donors (Lipinski definition) is 0. The molecule has 0 bridgehead atoms. The van der Waals surface area contributed by atoms with Crippen LogP contribution in [0.2, 0.25) is 0 Å². The number of hydrogen-bond acceptors (Lipinski definition) is 8. The third kappa shape index (κ3) is 2.28. The highest BCUT2D eigenvalue weighted by Gasteiger charge is 2.18. The summed E-state index contributed by atoms with van der Waals surface area (Å²) in [7, 11) is 0. The Morgan fingerprint density at radius 2 is 2.04 bits per heavy atom. The van der Waals surface area contributed by atoms with Crippen molar-refractivity contribution in [3.05, 3.63) is 29.1 Å². The summed E-state index contributed by atoms with van der Waals surface area (Å²) in [4.78, 5) is 13.0. The molecule has 0 aliphatic carbocycles. The molecule has 0 aromatic carbocycles. The highest BCUT2D eigenvalue weighted by molar-refractivity contribution is 5.86. The van der Waals surface area contributed by atoms with Crippen LogP contribution >= 0.6 is 0 Å². The molecular formula is C15H13N5O3. The van der Waals surface area contributed by atoms with Gasteiger partial charge in [-0.1, -0.05) is 0 Å². The molecule has 23 heavy (non-hydrogen) atoms. The molecule has 0 unspecified atom stereocenters. The lowest BCUT2D eigenvalue weighted by molar-refractivity contribution is 0.164. The van der Waals surface area contributed by atoms with Gasteiger partial charge in [-0.15, -0.1) is 0 Å². The van der Waals surface area contributed by atoms with Crippen molar-refractivity contribution in [3.63, 3.8) is 0 Å². The molecule has 4 heterocycles. The monoisotopic (exact) mass is 311 g/mol. The Kier molecular flexibility index (Phi) is 3.14. The van der Waals surface area contributed by atoms with E-state index in [4.69, 9.17) is 14.1 Å². The maximum atomic E-state index is 5.52. The number of rotatable bonds is 3. The van der Waals surface area contributed by atoms with E-state index in [2.05, 4.69) is 32.0 Å². The molecule has 0 N–H and O–H groups in total. The molecule has 0 fully saturated rings. The highest BCUT2D eigenvalue weighted by atomic mass is 16.6. The summed E-state index contributed by atoms with van der Waals surface area (Å²) in [5.41, 5.74) is 4.02. The first-order chi connectivity index (χ1) is 11.3. The van der Waals surface area contributed by atoms with E-state index >= 15 is 0 Å². The van der Waals surface area contributed by atoms with Crippen molar-refractivity contribution in [1.29, 1.82) is 0 Å². The second kappa shape index (κ2) is 5.31. The Morgan fingerprint density at radius 3 is 2.91 bits per heavy atom. The first-order valence-electron chi connectivity index (χ1n) is 7.10. The standard InChI is InChI=1S/C15H13N5O3/c1-8-10(12(16-2)13-14(17-8)20-23-19-13)7-9-3-4-11-15(18-9)22-6-5-21-11/h3-4H,2,5-7H2,1H3. The molecule has 0 atom stereocenters. The van der Waals surface area contributed by atoms with E-state index in [-0.39, 0.29) is 0 Å². The lowest BCUT2D eigenvalue weighted by Crippen LogP contribution is -2.16. The molecule has 1 aliphatic heterocycles. The van der Waals surface area contributed by atoms with E-state index in [9.17, 15) is 0 Å². The molecule has 116 valence electrons. The minimum Gasteiger partial charge on any atom is -0.484 e. The van der Waals surface area contributed by atoms with Gasteiger partial charge in [0.25, 0.3) is 5.88 Å². The molecule has 8 heteroatoms. The Morgan fingerprint density at radius 1 is 1.17 bits per heavy atom. The maximum Gasteiger partial charge on any atom is 0.257 e. The summed E-state index contributed by atoms with van der Waals surface area (Å²) in [6, 6.07) is 3.75. The van der Waals surface area contributed by atoms with Gasteiger partial charge in [0.05, 0.1) is 0 Å². The van der Waals surface area contributed by atoms with Gasteiger partial charge in [0.1, 0.15) is 18.9 Å². The van der Waals surface area contributed by atoms with Crippen molar-refractivity contribution >= 4 is 23.6 Å². The summed E-state index contributed by atoms with van der Waals surface area (Å²) in [6.45, 7) is 6.55. The summed E-state index contributed by atoms with van der Waals surface area (Å²) in [5, 5.41) is 7.61. The quantitative estimate of drug-likeness (QED) is 0.683. The fourth-order valence-corrected chi connectivity index (χ4v) is 2.58. The Hall–Kier alpha value is -3.03. The molecule has 0 saturated carbocycles. The van der Waals surface area contributed by atoms with Crippen molar-refractivity contribution in [1.82, 2.24) is 20.3 Å². The third-order valence-corrected chi connectivity index (χ3v) is 3.67. The Labute approximate surface area is 131 Å². The van der Waals surface area contributed by atoms with Gasteiger partial charge in [-0.3, -0.25) is 4.99 Å². The minimum atomic E-state index is 0.420. The normalized spacial score (nSPS) is 13.3. The molecule has 0 spiro atoms. The van der Waals surface area contributed by atoms with E-state index in [0.29, 0.717) is 48.1 Å². The molecule has 3 aromatic rings. The summed E-state index contributed by atoms with van der Waals surface area (Å²) < 4.78 is 15.7. The van der Waals surface area contributed by atoms with E-state index in [1.54, 1.807) is 0 Å². The number of ether oxygens (including phenoxy) is 2. The van der Waals surface area contributed by atoms with Gasteiger partial charge >= 0.3 is 0 Å². The second-order valence-electron chi connectivity index (χ2n) is 5.10. The Balaban J connectivity index is 1.78. The average Bonchev–Trinajstić information content (AvgIpc) is 3.03. The van der Waals surface area contributed by atoms with Crippen LogP contribution in [0.4, 0.5) is 5.69 Å². The predicted molar refractivity (Wildman–Crippen MR) is 81.6 cm³/mol. The molecule has 0 saturated heterocycles. The number of nitrogens with zero attached hydrogens (tertiary/aromatic N) is 5. The summed E-state index contributed by atoms with van der Waals surface area (Å²) in [5.74, 6) is 1.17. The van der Waals surface area contributed by atoms with Gasteiger partial charge in [0.15, 0.2) is 11.3 Å². The van der Waals surface area contributed by atoms with Gasteiger partial charge in [-0.25, -0.2) is 14.6 Å². The average molecular weight is 311 g/mol. The third-order valence-electron chi connectivity index (χ3n) is 3.67. The van der Waals surface area contributed by atoms with Crippen LogP contribution in [0.3, 0.4) is 0 Å². The smallest absolute Gasteiger partial charge is 0.257 e. The first kappa shape index (κ1) is 13.6. The second-order valence-corrected chi connectivity index (χ2v) is 5.10. The molecule has 8 nitrogen and oxygen atoms in total. The Bertz CT molecular complexity index is 906. The van der Waals surface area contributed by atoms with Gasteiger partial charge in [-0.2, -0.15) is 0 Å². The lowest BCUT2D eigenvalue weighted by atomic mass is 10.0. The van der Waals surface area contributed by atoms with Crippen LogP contribution in [0.5, 0.6) is 11.6 Å². The number of aryl methyl sites for hydroxylation is 1. The van der Waals surface area contributed by atoms with E-state index in [0.717, 1.165) is 17.0 Å². The molecule has 1 aliphatic rings. The number of aromatic nitrogens is 4. The summed E-state index contributed by atoms with van der Waals surface area (Å²) in [6.07, 6.45) is 0.520. The lowest BCUT2D eigenvalue weighted by Gasteiger charge is -2.18. The largest absolute Gasteiger partial charge is 0.484 e. The van der Waals surface area contributed by atoms with E-state index in [1.807, 2.05) is 19.1 Å². The topological polar surface area (TPSA) is 95.5 Å². The van der Waals surface area contributed by atoms with Crippen LogP contribution in [0.15, 0.2) is 21.8 Å². The van der Waals surface area contributed by atoms with Gasteiger partial charge < -0.3 is 9.47 Å². The number of pyridine rings is 2. The van der Waals surface area contributed by atoms with Crippen molar-refractivity contribution in [2.45, 2.75) is 13.3 Å². The van der Waals surface area contributed by atoms with Crippen LogP contribution in [0.25, 0.3) is 11.2 Å². The molecule has 3 aromatic heterocycles. The van der Waals surface area contributed by atoms with Crippen molar-refractivity contribution in [2.24, 2.45) is 4.99 Å². The number of fused-ring (bicyclic) bond motifs is 2. The van der Waals surface area contributed by atoms with Crippen LogP contribution in [-0.2, 0) is 6.42 Å². The highest BCUT2D eigenvalue weighted by Crippen LogP contribution is 2.32. The molecule has 0 amide bonds. The van der Waals surface area contributed by atoms with Crippen molar-refractivity contribution < 1.29 is 14.1 Å². The van der Waals surface area contributed by atoms with Gasteiger partial charge in [-0.05, 0) is 36.1 Å². The van der Waals surface area contributed by atoms with Crippen LogP contribution in [0.1, 0.15) is 17.0 Å². The fourth-order valence-electron chi connectivity index (χ4n) is 2.58. The van der Waals surface area contributed by atoms with Crippen molar-refractivity contribution in [2.75, 3.05) is 13.2 Å². The summed E-state index contributed by atoms with van der Waals surface area (Å²) >= 11 is 0. The first-order valence-corrected chi connectivity index (χ1v) is 7.10. The van der Waals surface area contributed by atoms with Crippen LogP contribution < -0.4 is 9.47 Å².